The van der Waals surface area contributed by atoms with E-state index in [-0.39, 0.29) is 6.04 Å². The Bertz CT molecular complexity index is 552. The Morgan fingerprint density at radius 2 is 2.15 bits per heavy atom. The van der Waals surface area contributed by atoms with Crippen molar-refractivity contribution in [2.24, 2.45) is 11.7 Å². The highest BCUT2D eigenvalue weighted by Crippen LogP contribution is 2.22. The lowest BCUT2D eigenvalue weighted by molar-refractivity contribution is 0.340. The predicted octanol–water partition coefficient (Wildman–Crippen LogP) is 2.66. The van der Waals surface area contributed by atoms with Gasteiger partial charge in [-0.25, -0.2) is 0 Å². The maximum Gasteiger partial charge on any atom is 0.228 e. The third kappa shape index (κ3) is 3.57. The van der Waals surface area contributed by atoms with Crippen molar-refractivity contribution in [1.82, 2.24) is 10.1 Å². The van der Waals surface area contributed by atoms with E-state index in [0.29, 0.717) is 30.7 Å². The van der Waals surface area contributed by atoms with Crippen molar-refractivity contribution in [3.05, 3.63) is 30.2 Å². The van der Waals surface area contributed by atoms with Crippen LogP contribution in [0.15, 0.2) is 28.8 Å². The van der Waals surface area contributed by atoms with Gasteiger partial charge in [0, 0.05) is 18.0 Å². The number of nitrogens with zero attached hydrogens (tertiary/aromatic N) is 2. The van der Waals surface area contributed by atoms with Crippen LogP contribution >= 0.6 is 0 Å². The molecule has 0 radical (unpaired) electrons. The Labute approximate surface area is 119 Å². The van der Waals surface area contributed by atoms with Crippen molar-refractivity contribution in [2.45, 2.75) is 33.2 Å². The molecule has 1 aromatic carbocycles. The lowest BCUT2D eigenvalue weighted by Crippen LogP contribution is -2.28. The van der Waals surface area contributed by atoms with Crippen LogP contribution in [0.3, 0.4) is 0 Å². The smallest absolute Gasteiger partial charge is 0.228 e. The van der Waals surface area contributed by atoms with Crippen LogP contribution in [0.1, 0.15) is 26.7 Å². The van der Waals surface area contributed by atoms with Crippen LogP contribution in [-0.4, -0.2) is 22.8 Å². The van der Waals surface area contributed by atoms with Crippen LogP contribution in [0.4, 0.5) is 0 Å². The molecule has 0 spiro atoms. The monoisotopic (exact) mass is 275 g/mol. The number of aromatic nitrogens is 2. The summed E-state index contributed by atoms with van der Waals surface area (Å²) < 4.78 is 10.7. The van der Waals surface area contributed by atoms with Gasteiger partial charge in [0.15, 0.2) is 0 Å². The summed E-state index contributed by atoms with van der Waals surface area (Å²) in [6, 6.07) is 7.68. The number of ether oxygens (including phenoxy) is 1. The van der Waals surface area contributed by atoms with Gasteiger partial charge in [-0.3, -0.25) is 0 Å². The van der Waals surface area contributed by atoms with Gasteiger partial charge in [0.25, 0.3) is 0 Å². The van der Waals surface area contributed by atoms with Crippen LogP contribution in [0, 0.1) is 5.92 Å². The van der Waals surface area contributed by atoms with E-state index in [2.05, 4.69) is 24.0 Å². The first kappa shape index (κ1) is 14.5. The van der Waals surface area contributed by atoms with Crippen LogP contribution < -0.4 is 10.5 Å². The summed E-state index contributed by atoms with van der Waals surface area (Å²) in [6.07, 6.45) is 0.593. The van der Waals surface area contributed by atoms with Crippen molar-refractivity contribution < 1.29 is 9.26 Å². The molecule has 5 heteroatoms. The molecule has 2 N–H and O–H groups in total. The maximum absolute atomic E-state index is 6.01. The largest absolute Gasteiger partial charge is 0.494 e. The summed E-state index contributed by atoms with van der Waals surface area (Å²) >= 11 is 0. The lowest BCUT2D eigenvalue weighted by atomic mass is 10.0. The minimum atomic E-state index is 0.0260. The van der Waals surface area contributed by atoms with Gasteiger partial charge < -0.3 is 15.0 Å². The Balaban J connectivity index is 2.14. The van der Waals surface area contributed by atoms with Crippen LogP contribution in [0.2, 0.25) is 0 Å². The third-order valence-electron chi connectivity index (χ3n) is 3.14. The molecule has 0 saturated heterocycles. The van der Waals surface area contributed by atoms with E-state index in [1.807, 2.05) is 31.2 Å². The van der Waals surface area contributed by atoms with Gasteiger partial charge in [0.2, 0.25) is 11.7 Å². The van der Waals surface area contributed by atoms with Crippen LogP contribution in [0.5, 0.6) is 5.75 Å². The van der Waals surface area contributed by atoms with E-state index in [0.717, 1.165) is 11.3 Å². The zero-order chi connectivity index (χ0) is 14.5. The van der Waals surface area contributed by atoms with Gasteiger partial charge in [-0.2, -0.15) is 4.98 Å². The van der Waals surface area contributed by atoms with Crippen molar-refractivity contribution >= 4 is 0 Å². The molecule has 0 amide bonds. The fraction of sp³-hybridized carbons (Fsp3) is 0.467. The van der Waals surface area contributed by atoms with Crippen molar-refractivity contribution in [3.63, 3.8) is 0 Å². The minimum Gasteiger partial charge on any atom is -0.494 e. The molecular weight excluding hydrogens is 254 g/mol. The molecule has 1 unspecified atom stereocenters. The van der Waals surface area contributed by atoms with Gasteiger partial charge in [-0.05, 0) is 25.0 Å². The zero-order valence-corrected chi connectivity index (χ0v) is 12.2. The molecule has 0 aliphatic carbocycles. The highest BCUT2D eigenvalue weighted by molar-refractivity contribution is 5.56. The van der Waals surface area contributed by atoms with Gasteiger partial charge in [0.1, 0.15) is 5.75 Å². The molecule has 1 atom stereocenters. The summed E-state index contributed by atoms with van der Waals surface area (Å²) in [6.45, 7) is 6.73. The first-order valence-electron chi connectivity index (χ1n) is 6.91. The second-order valence-corrected chi connectivity index (χ2v) is 5.08. The quantitative estimate of drug-likeness (QED) is 0.877. The molecular formula is C15H21N3O2. The SMILES string of the molecule is CCOc1cccc(-c2noc(CC(N)C(C)C)n2)c1. The Hall–Kier alpha value is -1.88. The lowest BCUT2D eigenvalue weighted by Gasteiger charge is -2.11. The average molecular weight is 275 g/mol. The fourth-order valence-corrected chi connectivity index (χ4v) is 1.78. The molecule has 0 saturated carbocycles. The first-order chi connectivity index (χ1) is 9.60. The van der Waals surface area contributed by atoms with Gasteiger partial charge >= 0.3 is 0 Å². The normalized spacial score (nSPS) is 12.7. The number of rotatable bonds is 6. The van der Waals surface area contributed by atoms with E-state index < -0.39 is 0 Å². The van der Waals surface area contributed by atoms with Crippen LogP contribution in [-0.2, 0) is 6.42 Å². The third-order valence-corrected chi connectivity index (χ3v) is 3.14. The highest BCUT2D eigenvalue weighted by Gasteiger charge is 2.15. The first-order valence-corrected chi connectivity index (χ1v) is 6.91. The van der Waals surface area contributed by atoms with Crippen LogP contribution in [0.25, 0.3) is 11.4 Å². The van der Waals surface area contributed by atoms with Gasteiger partial charge in [-0.15, -0.1) is 0 Å². The molecule has 2 rings (SSSR count). The standard InChI is InChI=1S/C15H21N3O2/c1-4-19-12-7-5-6-11(8-12)15-17-14(20-18-15)9-13(16)10(2)3/h5-8,10,13H,4,9,16H2,1-3H3. The molecule has 0 bridgehead atoms. The van der Waals surface area contributed by atoms with E-state index >= 15 is 0 Å². The maximum atomic E-state index is 6.01. The van der Waals surface area contributed by atoms with Crippen molar-refractivity contribution in [3.8, 4) is 17.1 Å². The number of hydrogen-bond donors (Lipinski definition) is 1. The molecule has 5 nitrogen and oxygen atoms in total. The average Bonchev–Trinajstić information content (AvgIpc) is 2.88. The Kier molecular flexibility index (Phi) is 4.74. The molecule has 0 fully saturated rings. The van der Waals surface area contributed by atoms with Gasteiger partial charge in [-0.1, -0.05) is 31.1 Å². The van der Waals surface area contributed by atoms with Gasteiger partial charge in [0.05, 0.1) is 6.61 Å². The molecule has 2 aromatic rings. The predicted molar refractivity (Wildman–Crippen MR) is 77.4 cm³/mol. The highest BCUT2D eigenvalue weighted by atomic mass is 16.5. The zero-order valence-electron chi connectivity index (χ0n) is 12.2. The second-order valence-electron chi connectivity index (χ2n) is 5.08. The summed E-state index contributed by atoms with van der Waals surface area (Å²) in [7, 11) is 0. The number of benzene rings is 1. The summed E-state index contributed by atoms with van der Waals surface area (Å²) in [5.41, 5.74) is 6.89. The molecule has 20 heavy (non-hydrogen) atoms. The number of hydrogen-bond acceptors (Lipinski definition) is 5. The molecule has 1 heterocycles. The number of nitrogens with two attached hydrogens (primary N) is 1. The Morgan fingerprint density at radius 3 is 2.85 bits per heavy atom. The summed E-state index contributed by atoms with van der Waals surface area (Å²) in [5, 5.41) is 4.00. The minimum absolute atomic E-state index is 0.0260. The molecule has 108 valence electrons. The van der Waals surface area contributed by atoms with Crippen molar-refractivity contribution in [1.29, 1.82) is 0 Å². The summed E-state index contributed by atoms with van der Waals surface area (Å²) in [5.74, 6) is 2.32. The molecule has 0 aliphatic heterocycles. The van der Waals surface area contributed by atoms with Crippen molar-refractivity contribution in [2.75, 3.05) is 6.61 Å². The summed E-state index contributed by atoms with van der Waals surface area (Å²) in [4.78, 5) is 4.39. The Morgan fingerprint density at radius 1 is 1.35 bits per heavy atom. The van der Waals surface area contributed by atoms with E-state index in [1.165, 1.54) is 0 Å². The van der Waals surface area contributed by atoms with E-state index in [4.69, 9.17) is 15.0 Å². The fourth-order valence-electron chi connectivity index (χ4n) is 1.78. The molecule has 0 aliphatic rings. The van der Waals surface area contributed by atoms with E-state index in [1.54, 1.807) is 0 Å². The van der Waals surface area contributed by atoms with E-state index in [9.17, 15) is 0 Å². The topological polar surface area (TPSA) is 74.2 Å². The second kappa shape index (κ2) is 6.52. The molecule has 1 aromatic heterocycles.